The van der Waals surface area contributed by atoms with Crippen molar-refractivity contribution in [2.24, 2.45) is 0 Å². The maximum absolute atomic E-state index is 12.4. The van der Waals surface area contributed by atoms with Gasteiger partial charge >= 0.3 is 0 Å². The summed E-state index contributed by atoms with van der Waals surface area (Å²) in [7, 11) is 0. The van der Waals surface area contributed by atoms with Crippen molar-refractivity contribution in [3.8, 4) is 5.75 Å². The molecule has 2 amide bonds. The van der Waals surface area contributed by atoms with Crippen LogP contribution in [0, 0.1) is 0 Å². The third kappa shape index (κ3) is 7.83. The lowest BCUT2D eigenvalue weighted by atomic mass is 10.2. The number of hydrogen-bond donors (Lipinski definition) is 3. The number of hydrogen-bond acceptors (Lipinski definition) is 4. The molecule has 0 fully saturated rings. The molecule has 160 valence electrons. The monoisotopic (exact) mass is 427 g/mol. The number of thiocarbonyl (C=S) groups is 1. The van der Waals surface area contributed by atoms with Crippen LogP contribution in [0.5, 0.6) is 5.75 Å². The summed E-state index contributed by atoms with van der Waals surface area (Å²) in [5, 5.41) is 8.60. The minimum absolute atomic E-state index is 0.114. The molecule has 30 heavy (non-hydrogen) atoms. The van der Waals surface area contributed by atoms with Gasteiger partial charge in [-0.1, -0.05) is 26.7 Å². The summed E-state index contributed by atoms with van der Waals surface area (Å²) >= 11 is 5.21. The summed E-state index contributed by atoms with van der Waals surface area (Å²) in [6.07, 6.45) is 4.19. The van der Waals surface area contributed by atoms with Gasteiger partial charge in [0.2, 0.25) is 0 Å². The van der Waals surface area contributed by atoms with Crippen LogP contribution >= 0.6 is 12.2 Å². The molecule has 3 N–H and O–H groups in total. The van der Waals surface area contributed by atoms with E-state index >= 15 is 0 Å². The number of carbonyl (C=O) groups excluding carboxylic acids is 2. The number of anilines is 1. The number of nitrogens with one attached hydrogen (secondary N) is 3. The fraction of sp³-hybridized carbons (Fsp3) is 0.348. The highest BCUT2D eigenvalue weighted by Crippen LogP contribution is 2.13. The van der Waals surface area contributed by atoms with Crippen molar-refractivity contribution in [1.82, 2.24) is 10.6 Å². The quantitative estimate of drug-likeness (QED) is 0.384. The second-order valence-electron chi connectivity index (χ2n) is 6.82. The van der Waals surface area contributed by atoms with Crippen LogP contribution in [0.2, 0.25) is 0 Å². The number of amides is 2. The maximum atomic E-state index is 12.4. The fourth-order valence-electron chi connectivity index (χ4n) is 2.63. The van der Waals surface area contributed by atoms with E-state index in [1.807, 2.05) is 6.92 Å². The van der Waals surface area contributed by atoms with Crippen LogP contribution in [0.15, 0.2) is 48.5 Å². The molecule has 0 unspecified atom stereocenters. The average Bonchev–Trinajstić information content (AvgIpc) is 2.76. The number of unbranched alkanes of at least 4 members (excludes halogenated alkanes) is 2. The predicted octanol–water partition coefficient (Wildman–Crippen LogP) is 4.52. The topological polar surface area (TPSA) is 79.5 Å². The van der Waals surface area contributed by atoms with Crippen LogP contribution in [-0.4, -0.2) is 30.1 Å². The molecule has 0 aliphatic carbocycles. The molecule has 0 aromatic heterocycles. The van der Waals surface area contributed by atoms with E-state index in [9.17, 15) is 9.59 Å². The maximum Gasteiger partial charge on any atom is 0.257 e. The molecular weight excluding hydrogens is 398 g/mol. The highest BCUT2D eigenvalue weighted by molar-refractivity contribution is 7.80. The Labute approximate surface area is 183 Å². The van der Waals surface area contributed by atoms with Gasteiger partial charge in [-0.3, -0.25) is 14.9 Å². The first kappa shape index (κ1) is 23.3. The van der Waals surface area contributed by atoms with E-state index in [1.165, 1.54) is 0 Å². The normalized spacial score (nSPS) is 10.2. The fourth-order valence-corrected chi connectivity index (χ4v) is 2.84. The smallest absolute Gasteiger partial charge is 0.257 e. The van der Waals surface area contributed by atoms with E-state index in [2.05, 4.69) is 22.9 Å². The Morgan fingerprint density at radius 3 is 2.13 bits per heavy atom. The lowest BCUT2D eigenvalue weighted by Crippen LogP contribution is -2.34. The largest absolute Gasteiger partial charge is 0.494 e. The zero-order valence-electron chi connectivity index (χ0n) is 17.5. The SMILES string of the molecule is CCCCCOc1ccc(C(=O)NC(=S)Nc2ccc(C(=O)NCCC)cc2)cc1. The van der Waals surface area contributed by atoms with E-state index in [0.717, 1.165) is 31.4 Å². The second-order valence-corrected chi connectivity index (χ2v) is 7.23. The Kier molecular flexibility index (Phi) is 9.80. The van der Waals surface area contributed by atoms with Crippen molar-refractivity contribution in [2.75, 3.05) is 18.5 Å². The lowest BCUT2D eigenvalue weighted by molar-refractivity contribution is 0.0951. The van der Waals surface area contributed by atoms with E-state index < -0.39 is 0 Å². The lowest BCUT2D eigenvalue weighted by Gasteiger charge is -2.11. The molecule has 0 bridgehead atoms. The standard InChI is InChI=1S/C23H29N3O3S/c1-3-5-6-16-29-20-13-9-18(10-14-20)22(28)26-23(30)25-19-11-7-17(8-12-19)21(27)24-15-4-2/h7-14H,3-6,15-16H2,1-2H3,(H,24,27)(H2,25,26,28,30). The molecular formula is C23H29N3O3S. The summed E-state index contributed by atoms with van der Waals surface area (Å²) in [5.41, 5.74) is 1.74. The molecule has 2 aromatic carbocycles. The van der Waals surface area contributed by atoms with Crippen LogP contribution in [0.3, 0.4) is 0 Å². The van der Waals surface area contributed by atoms with Crippen LogP contribution < -0.4 is 20.7 Å². The van der Waals surface area contributed by atoms with Gasteiger partial charge in [0.1, 0.15) is 5.75 Å². The Morgan fingerprint density at radius 1 is 0.867 bits per heavy atom. The van der Waals surface area contributed by atoms with E-state index in [4.69, 9.17) is 17.0 Å². The van der Waals surface area contributed by atoms with Crippen molar-refractivity contribution in [3.05, 3.63) is 59.7 Å². The van der Waals surface area contributed by atoms with Gasteiger partial charge in [0, 0.05) is 23.4 Å². The first-order valence-corrected chi connectivity index (χ1v) is 10.7. The van der Waals surface area contributed by atoms with Crippen molar-refractivity contribution in [3.63, 3.8) is 0 Å². The van der Waals surface area contributed by atoms with Crippen molar-refractivity contribution in [1.29, 1.82) is 0 Å². The number of ether oxygens (including phenoxy) is 1. The predicted molar refractivity (Wildman–Crippen MR) is 124 cm³/mol. The van der Waals surface area contributed by atoms with Crippen molar-refractivity contribution >= 4 is 34.8 Å². The van der Waals surface area contributed by atoms with Crippen LogP contribution in [0.1, 0.15) is 60.2 Å². The molecule has 0 heterocycles. The zero-order chi connectivity index (χ0) is 21.8. The molecule has 7 heteroatoms. The summed E-state index contributed by atoms with van der Waals surface area (Å²) in [4.78, 5) is 24.3. The van der Waals surface area contributed by atoms with Crippen LogP contribution in [-0.2, 0) is 0 Å². The molecule has 0 saturated heterocycles. The third-order valence-corrected chi connectivity index (χ3v) is 4.50. The minimum Gasteiger partial charge on any atom is -0.494 e. The summed E-state index contributed by atoms with van der Waals surface area (Å²) in [5.74, 6) is 0.323. The molecule has 2 aromatic rings. The molecule has 0 aliphatic rings. The Balaban J connectivity index is 1.82. The Morgan fingerprint density at radius 2 is 1.50 bits per heavy atom. The van der Waals surface area contributed by atoms with Gasteiger partial charge in [-0.25, -0.2) is 0 Å². The van der Waals surface area contributed by atoms with Crippen LogP contribution in [0.25, 0.3) is 0 Å². The van der Waals surface area contributed by atoms with Gasteiger partial charge in [-0.05, 0) is 73.6 Å². The molecule has 0 saturated carbocycles. The third-order valence-electron chi connectivity index (χ3n) is 4.30. The highest BCUT2D eigenvalue weighted by Gasteiger charge is 2.09. The number of benzene rings is 2. The van der Waals surface area contributed by atoms with Gasteiger partial charge in [0.05, 0.1) is 6.61 Å². The number of carbonyl (C=O) groups is 2. The Hall–Kier alpha value is -2.93. The van der Waals surface area contributed by atoms with Gasteiger partial charge in [0.15, 0.2) is 5.11 Å². The van der Waals surface area contributed by atoms with E-state index in [0.29, 0.717) is 30.0 Å². The molecule has 6 nitrogen and oxygen atoms in total. The first-order chi connectivity index (χ1) is 14.5. The van der Waals surface area contributed by atoms with Crippen molar-refractivity contribution in [2.45, 2.75) is 39.5 Å². The first-order valence-electron chi connectivity index (χ1n) is 10.3. The molecule has 0 radical (unpaired) electrons. The molecule has 0 spiro atoms. The summed E-state index contributed by atoms with van der Waals surface area (Å²) in [6.45, 7) is 5.46. The van der Waals surface area contributed by atoms with E-state index in [-0.39, 0.29) is 16.9 Å². The second kappa shape index (κ2) is 12.6. The van der Waals surface area contributed by atoms with Crippen LogP contribution in [0.4, 0.5) is 5.69 Å². The molecule has 2 rings (SSSR count). The van der Waals surface area contributed by atoms with Crippen molar-refractivity contribution < 1.29 is 14.3 Å². The van der Waals surface area contributed by atoms with Gasteiger partial charge in [0.25, 0.3) is 11.8 Å². The Bertz CT molecular complexity index is 836. The van der Waals surface area contributed by atoms with Gasteiger partial charge in [-0.15, -0.1) is 0 Å². The summed E-state index contributed by atoms with van der Waals surface area (Å²) in [6, 6.07) is 13.9. The summed E-state index contributed by atoms with van der Waals surface area (Å²) < 4.78 is 5.65. The van der Waals surface area contributed by atoms with Gasteiger partial charge in [-0.2, -0.15) is 0 Å². The average molecular weight is 428 g/mol. The highest BCUT2D eigenvalue weighted by atomic mass is 32.1. The number of rotatable bonds is 10. The molecule has 0 atom stereocenters. The van der Waals surface area contributed by atoms with E-state index in [1.54, 1.807) is 48.5 Å². The zero-order valence-corrected chi connectivity index (χ0v) is 18.3. The van der Waals surface area contributed by atoms with Gasteiger partial charge < -0.3 is 15.4 Å². The molecule has 0 aliphatic heterocycles. The minimum atomic E-state index is -0.305.